The van der Waals surface area contributed by atoms with E-state index in [2.05, 4.69) is 16.4 Å². The summed E-state index contributed by atoms with van der Waals surface area (Å²) in [4.78, 5) is 18.0. The molecule has 0 spiro atoms. The Bertz CT molecular complexity index is 1230. The minimum absolute atomic E-state index is 0.0856. The van der Waals surface area contributed by atoms with Crippen LogP contribution in [0.3, 0.4) is 0 Å². The highest BCUT2D eigenvalue weighted by atomic mass is 19.1. The van der Waals surface area contributed by atoms with E-state index < -0.39 is 5.82 Å². The van der Waals surface area contributed by atoms with Crippen LogP contribution in [0, 0.1) is 17.1 Å². The Hall–Kier alpha value is -3.70. The fourth-order valence-corrected chi connectivity index (χ4v) is 3.78. The van der Waals surface area contributed by atoms with Crippen LogP contribution in [0.15, 0.2) is 47.3 Å². The zero-order valence-electron chi connectivity index (χ0n) is 17.9. The van der Waals surface area contributed by atoms with Gasteiger partial charge in [0, 0.05) is 18.7 Å². The summed E-state index contributed by atoms with van der Waals surface area (Å²) in [5, 5.41) is 12.5. The molecule has 1 N–H and O–H groups in total. The third-order valence-corrected chi connectivity index (χ3v) is 5.55. The summed E-state index contributed by atoms with van der Waals surface area (Å²) in [5.41, 5.74) is 1.72. The molecule has 0 radical (unpaired) electrons. The number of rotatable bonds is 6. The lowest BCUT2D eigenvalue weighted by Crippen LogP contribution is -2.30. The lowest BCUT2D eigenvalue weighted by Gasteiger charge is -2.17. The van der Waals surface area contributed by atoms with Crippen molar-refractivity contribution in [3.05, 3.63) is 64.2 Å². The van der Waals surface area contributed by atoms with Gasteiger partial charge in [0.05, 0.1) is 30.0 Å². The van der Waals surface area contributed by atoms with Gasteiger partial charge in [0.25, 0.3) is 11.6 Å². The number of hydrogen-bond acceptors (Lipinski definition) is 6. The SMILES string of the molecule is COc1ccc(-c2c(-c3ccc(C#N)cc3)nc(OCC3CCCN3)n(C)c2=O)cc1F. The van der Waals surface area contributed by atoms with Crippen LogP contribution in [0.1, 0.15) is 18.4 Å². The first-order chi connectivity index (χ1) is 15.5. The molecule has 32 heavy (non-hydrogen) atoms. The Labute approximate surface area is 185 Å². The highest BCUT2D eigenvalue weighted by Gasteiger charge is 2.22. The fraction of sp³-hybridized carbons (Fsp3) is 0.292. The number of ether oxygens (including phenoxy) is 2. The van der Waals surface area contributed by atoms with Crippen LogP contribution in [0.4, 0.5) is 4.39 Å². The molecular formula is C24H23FN4O3. The number of nitrogens with one attached hydrogen (secondary N) is 1. The molecule has 1 atom stereocenters. The third-order valence-electron chi connectivity index (χ3n) is 5.55. The summed E-state index contributed by atoms with van der Waals surface area (Å²) in [5.74, 6) is -0.493. The van der Waals surface area contributed by atoms with Gasteiger partial charge in [0.2, 0.25) is 0 Å². The summed E-state index contributed by atoms with van der Waals surface area (Å²) < 4.78 is 26.7. The molecular weight excluding hydrogens is 411 g/mol. The van der Waals surface area contributed by atoms with Crippen LogP contribution < -0.4 is 20.3 Å². The number of hydrogen-bond donors (Lipinski definition) is 1. The number of aromatic nitrogens is 2. The smallest absolute Gasteiger partial charge is 0.299 e. The largest absolute Gasteiger partial charge is 0.494 e. The molecule has 2 heterocycles. The molecule has 4 rings (SSSR count). The maximum atomic E-state index is 14.5. The first-order valence-corrected chi connectivity index (χ1v) is 10.3. The maximum Gasteiger partial charge on any atom is 0.299 e. The van der Waals surface area contributed by atoms with Gasteiger partial charge in [-0.3, -0.25) is 9.36 Å². The van der Waals surface area contributed by atoms with Gasteiger partial charge in [-0.25, -0.2) is 4.39 Å². The van der Waals surface area contributed by atoms with Gasteiger partial charge >= 0.3 is 0 Å². The summed E-state index contributed by atoms with van der Waals surface area (Å²) >= 11 is 0. The molecule has 1 aromatic heterocycles. The number of halogens is 1. The van der Waals surface area contributed by atoms with Gasteiger partial charge < -0.3 is 14.8 Å². The molecule has 1 aliphatic heterocycles. The second-order valence-corrected chi connectivity index (χ2v) is 7.62. The van der Waals surface area contributed by atoms with Crippen molar-refractivity contribution in [3.8, 4) is 40.2 Å². The van der Waals surface area contributed by atoms with Crippen molar-refractivity contribution in [3.63, 3.8) is 0 Å². The van der Waals surface area contributed by atoms with Gasteiger partial charge in [-0.2, -0.15) is 10.2 Å². The molecule has 0 amide bonds. The minimum atomic E-state index is -0.578. The Balaban J connectivity index is 1.85. The highest BCUT2D eigenvalue weighted by molar-refractivity contribution is 5.80. The molecule has 2 aromatic carbocycles. The molecule has 1 unspecified atom stereocenters. The lowest BCUT2D eigenvalue weighted by atomic mass is 9.99. The molecule has 0 bridgehead atoms. The van der Waals surface area contributed by atoms with E-state index in [9.17, 15) is 9.18 Å². The average Bonchev–Trinajstić information content (AvgIpc) is 3.33. The van der Waals surface area contributed by atoms with Crippen LogP contribution in [-0.4, -0.2) is 35.9 Å². The average molecular weight is 434 g/mol. The van der Waals surface area contributed by atoms with Crippen LogP contribution in [0.2, 0.25) is 0 Å². The molecule has 164 valence electrons. The van der Waals surface area contributed by atoms with Crippen molar-refractivity contribution in [2.45, 2.75) is 18.9 Å². The lowest BCUT2D eigenvalue weighted by molar-refractivity contribution is 0.246. The van der Waals surface area contributed by atoms with Crippen LogP contribution in [0.5, 0.6) is 11.8 Å². The molecule has 1 saturated heterocycles. The molecule has 7 nitrogen and oxygen atoms in total. The van der Waals surface area contributed by atoms with Gasteiger partial charge in [-0.05, 0) is 49.2 Å². The standard InChI is InChI=1S/C24H23FN4O3/c1-29-23(30)21(17-9-10-20(31-2)19(25)12-17)22(16-7-5-15(13-26)6-8-16)28-24(29)32-14-18-4-3-11-27-18/h5-10,12,18,27H,3-4,11,14H2,1-2H3. The molecule has 3 aromatic rings. The topological polar surface area (TPSA) is 89.2 Å². The quantitative estimate of drug-likeness (QED) is 0.641. The van der Waals surface area contributed by atoms with Gasteiger partial charge in [-0.1, -0.05) is 18.2 Å². The van der Waals surface area contributed by atoms with Crippen LogP contribution >= 0.6 is 0 Å². The first kappa shape index (κ1) is 21.5. The predicted molar refractivity (Wildman–Crippen MR) is 118 cm³/mol. The molecule has 0 aliphatic carbocycles. The normalized spacial score (nSPS) is 15.4. The zero-order chi connectivity index (χ0) is 22.7. The van der Waals surface area contributed by atoms with E-state index in [1.807, 2.05) is 0 Å². The second kappa shape index (κ2) is 9.20. The van der Waals surface area contributed by atoms with E-state index in [4.69, 9.17) is 14.7 Å². The Morgan fingerprint density at radius 3 is 2.62 bits per heavy atom. The third kappa shape index (κ3) is 4.20. The number of benzene rings is 2. The molecule has 1 aliphatic rings. The zero-order valence-corrected chi connectivity index (χ0v) is 17.9. The van der Waals surface area contributed by atoms with E-state index in [0.29, 0.717) is 29.0 Å². The van der Waals surface area contributed by atoms with Crippen molar-refractivity contribution in [2.75, 3.05) is 20.3 Å². The van der Waals surface area contributed by atoms with E-state index in [0.717, 1.165) is 19.4 Å². The van der Waals surface area contributed by atoms with Crippen molar-refractivity contribution in [2.24, 2.45) is 7.05 Å². The summed E-state index contributed by atoms with van der Waals surface area (Å²) in [6.45, 7) is 1.34. The van der Waals surface area contributed by atoms with Crippen LogP contribution in [-0.2, 0) is 7.05 Å². The van der Waals surface area contributed by atoms with E-state index in [1.165, 1.54) is 23.8 Å². The molecule has 1 fully saturated rings. The van der Waals surface area contributed by atoms with Crippen molar-refractivity contribution < 1.29 is 13.9 Å². The predicted octanol–water partition coefficient (Wildman–Crippen LogP) is 3.26. The highest BCUT2D eigenvalue weighted by Crippen LogP contribution is 2.32. The monoisotopic (exact) mass is 434 g/mol. The van der Waals surface area contributed by atoms with Gasteiger partial charge in [0.15, 0.2) is 11.6 Å². The summed E-state index contributed by atoms with van der Waals surface area (Å²) in [6.07, 6.45) is 2.08. The Morgan fingerprint density at radius 2 is 2.00 bits per heavy atom. The summed E-state index contributed by atoms with van der Waals surface area (Å²) in [6, 6.07) is 13.5. The number of methoxy groups -OCH3 is 1. The molecule has 0 saturated carbocycles. The van der Waals surface area contributed by atoms with Gasteiger partial charge in [-0.15, -0.1) is 0 Å². The fourth-order valence-electron chi connectivity index (χ4n) is 3.78. The van der Waals surface area contributed by atoms with E-state index >= 15 is 0 Å². The first-order valence-electron chi connectivity index (χ1n) is 10.3. The van der Waals surface area contributed by atoms with Crippen molar-refractivity contribution in [1.29, 1.82) is 5.26 Å². The van der Waals surface area contributed by atoms with Gasteiger partial charge in [0.1, 0.15) is 6.61 Å². The number of nitriles is 1. The van der Waals surface area contributed by atoms with E-state index in [-0.39, 0.29) is 28.9 Å². The Morgan fingerprint density at radius 1 is 1.25 bits per heavy atom. The second-order valence-electron chi connectivity index (χ2n) is 7.62. The Kier molecular flexibility index (Phi) is 6.19. The minimum Gasteiger partial charge on any atom is -0.494 e. The maximum absolute atomic E-state index is 14.5. The number of nitrogens with zero attached hydrogens (tertiary/aromatic N) is 3. The van der Waals surface area contributed by atoms with E-state index in [1.54, 1.807) is 37.4 Å². The summed E-state index contributed by atoms with van der Waals surface area (Å²) in [7, 11) is 2.96. The van der Waals surface area contributed by atoms with Crippen molar-refractivity contribution >= 4 is 0 Å². The van der Waals surface area contributed by atoms with Crippen molar-refractivity contribution in [1.82, 2.24) is 14.9 Å². The van der Waals surface area contributed by atoms with Crippen LogP contribution in [0.25, 0.3) is 22.4 Å². The molecule has 8 heteroatoms.